The largest absolute Gasteiger partial charge is 0.315 e. The Morgan fingerprint density at radius 2 is 2.05 bits per heavy atom. The highest BCUT2D eigenvalue weighted by Gasteiger charge is 2.25. The summed E-state index contributed by atoms with van der Waals surface area (Å²) in [5, 5.41) is -0.471. The first kappa shape index (κ1) is 14.5. The molecule has 1 aliphatic heterocycles. The topological polar surface area (TPSA) is 20.3 Å². The number of anilines is 1. The van der Waals surface area contributed by atoms with Crippen molar-refractivity contribution < 1.29 is 9.18 Å². The first-order chi connectivity index (χ1) is 9.97. The van der Waals surface area contributed by atoms with E-state index in [1.165, 1.54) is 12.1 Å². The van der Waals surface area contributed by atoms with Gasteiger partial charge in [-0.1, -0.05) is 28.1 Å². The van der Waals surface area contributed by atoms with Crippen LogP contribution >= 0.6 is 27.5 Å². The molecule has 1 atom stereocenters. The predicted molar refractivity (Wildman–Crippen MR) is 85.4 cm³/mol. The van der Waals surface area contributed by atoms with Crippen molar-refractivity contribution in [3.05, 3.63) is 63.4 Å². The molecule has 0 fully saturated rings. The van der Waals surface area contributed by atoms with Gasteiger partial charge in [0.2, 0.25) is 5.91 Å². The number of hydrogen-bond donors (Lipinski definition) is 0. The molecule has 0 N–H and O–H groups in total. The summed E-state index contributed by atoms with van der Waals surface area (Å²) in [6, 6.07) is 10.1. The summed E-state index contributed by atoms with van der Waals surface area (Å²) in [5.41, 5.74) is 3.39. The Morgan fingerprint density at radius 3 is 2.81 bits per heavy atom. The molecule has 0 spiro atoms. The fourth-order valence-corrected chi connectivity index (χ4v) is 3.46. The molecule has 0 saturated heterocycles. The first-order valence-corrected chi connectivity index (χ1v) is 7.68. The lowest BCUT2D eigenvalue weighted by atomic mass is 10.0. The Labute approximate surface area is 135 Å². The van der Waals surface area contributed by atoms with Gasteiger partial charge in [0, 0.05) is 17.2 Å². The van der Waals surface area contributed by atoms with E-state index in [4.69, 9.17) is 11.6 Å². The Kier molecular flexibility index (Phi) is 3.76. The molecule has 5 heteroatoms. The van der Waals surface area contributed by atoms with E-state index in [-0.39, 0.29) is 11.7 Å². The number of carbonyl (C=O) groups is 1. The van der Waals surface area contributed by atoms with Gasteiger partial charge in [0.1, 0.15) is 5.82 Å². The van der Waals surface area contributed by atoms with E-state index in [0.717, 1.165) is 21.3 Å². The Hall–Kier alpha value is -1.39. The van der Waals surface area contributed by atoms with Crippen LogP contribution in [0, 0.1) is 5.82 Å². The van der Waals surface area contributed by atoms with E-state index in [1.807, 2.05) is 18.2 Å². The molecule has 3 rings (SSSR count). The number of alkyl halides is 1. The van der Waals surface area contributed by atoms with Crippen molar-refractivity contribution in [3.8, 4) is 0 Å². The average molecular weight is 369 g/mol. The summed E-state index contributed by atoms with van der Waals surface area (Å²) >= 11 is 9.88. The van der Waals surface area contributed by atoms with Crippen LogP contribution in [0.5, 0.6) is 0 Å². The van der Waals surface area contributed by atoms with Gasteiger partial charge in [-0.05, 0) is 41.0 Å². The molecule has 0 radical (unpaired) electrons. The number of amides is 1. The Balaban J connectivity index is 2.00. The van der Waals surface area contributed by atoms with E-state index in [1.54, 1.807) is 18.0 Å². The highest BCUT2D eigenvalue weighted by Crippen LogP contribution is 2.37. The monoisotopic (exact) mass is 367 g/mol. The molecule has 2 aromatic rings. The van der Waals surface area contributed by atoms with E-state index < -0.39 is 5.38 Å². The van der Waals surface area contributed by atoms with Crippen LogP contribution in [0.1, 0.15) is 22.1 Å². The molecule has 2 aromatic carbocycles. The van der Waals surface area contributed by atoms with Gasteiger partial charge in [-0.3, -0.25) is 4.79 Å². The molecule has 2 nitrogen and oxygen atoms in total. The van der Waals surface area contributed by atoms with E-state index in [0.29, 0.717) is 12.0 Å². The molecule has 1 amide bonds. The molecule has 0 bridgehead atoms. The van der Waals surface area contributed by atoms with Crippen molar-refractivity contribution in [3.63, 3.8) is 0 Å². The normalized spacial score (nSPS) is 15.2. The van der Waals surface area contributed by atoms with Gasteiger partial charge in [0.25, 0.3) is 0 Å². The number of fused-ring (bicyclic) bond motifs is 1. The number of halogens is 3. The minimum Gasteiger partial charge on any atom is -0.315 e. The molecule has 0 aliphatic carbocycles. The van der Waals surface area contributed by atoms with Gasteiger partial charge >= 0.3 is 0 Å². The lowest BCUT2D eigenvalue weighted by molar-refractivity contribution is -0.117. The Morgan fingerprint density at radius 1 is 1.29 bits per heavy atom. The van der Waals surface area contributed by atoms with Gasteiger partial charge in [-0.2, -0.15) is 0 Å². The van der Waals surface area contributed by atoms with Gasteiger partial charge in [-0.15, -0.1) is 11.6 Å². The average Bonchev–Trinajstić information content (AvgIpc) is 2.75. The SMILES string of the molecule is CN1C(=O)Cc2cc(C(Cl)c3cc(F)ccc3Br)ccc21. The van der Waals surface area contributed by atoms with Crippen molar-refractivity contribution in [2.45, 2.75) is 11.8 Å². The number of nitrogens with zero attached hydrogens (tertiary/aromatic N) is 1. The molecular weight excluding hydrogens is 357 g/mol. The predicted octanol–water partition coefficient (Wildman–Crippen LogP) is 4.44. The van der Waals surface area contributed by atoms with Gasteiger partial charge in [-0.25, -0.2) is 4.39 Å². The van der Waals surface area contributed by atoms with Crippen LogP contribution in [0.4, 0.5) is 10.1 Å². The molecule has 1 unspecified atom stereocenters. The van der Waals surface area contributed by atoms with Crippen molar-refractivity contribution >= 4 is 39.1 Å². The minimum atomic E-state index is -0.471. The van der Waals surface area contributed by atoms with Crippen molar-refractivity contribution in [1.82, 2.24) is 0 Å². The van der Waals surface area contributed by atoms with E-state index >= 15 is 0 Å². The maximum atomic E-state index is 13.4. The van der Waals surface area contributed by atoms with Crippen LogP contribution in [0.15, 0.2) is 40.9 Å². The van der Waals surface area contributed by atoms with Crippen LogP contribution in [0.3, 0.4) is 0 Å². The van der Waals surface area contributed by atoms with E-state index in [2.05, 4.69) is 15.9 Å². The van der Waals surface area contributed by atoms with Crippen LogP contribution in [-0.2, 0) is 11.2 Å². The highest BCUT2D eigenvalue weighted by atomic mass is 79.9. The zero-order chi connectivity index (χ0) is 15.1. The summed E-state index contributed by atoms with van der Waals surface area (Å²) in [6.45, 7) is 0. The molecule has 1 heterocycles. The molecule has 108 valence electrons. The van der Waals surface area contributed by atoms with Crippen molar-refractivity contribution in [1.29, 1.82) is 0 Å². The Bertz CT molecular complexity index is 734. The number of likely N-dealkylation sites (N-methyl/N-ethyl adjacent to an activating group) is 1. The number of carbonyl (C=O) groups excluding carboxylic acids is 1. The van der Waals surface area contributed by atoms with Gasteiger partial charge < -0.3 is 4.90 Å². The number of rotatable bonds is 2. The van der Waals surface area contributed by atoms with Crippen molar-refractivity contribution in [2.24, 2.45) is 0 Å². The van der Waals surface area contributed by atoms with Crippen LogP contribution in [-0.4, -0.2) is 13.0 Å². The second-order valence-electron chi connectivity index (χ2n) is 5.05. The molecule has 1 aliphatic rings. The van der Waals surface area contributed by atoms with Crippen LogP contribution in [0.2, 0.25) is 0 Å². The van der Waals surface area contributed by atoms with E-state index in [9.17, 15) is 9.18 Å². The fourth-order valence-electron chi connectivity index (χ4n) is 2.54. The van der Waals surface area contributed by atoms with Gasteiger partial charge in [0.05, 0.1) is 11.8 Å². The molecular formula is C16H12BrClFNO. The smallest absolute Gasteiger partial charge is 0.231 e. The number of hydrogen-bond acceptors (Lipinski definition) is 1. The summed E-state index contributed by atoms with van der Waals surface area (Å²) in [5.74, 6) is -0.255. The molecule has 21 heavy (non-hydrogen) atoms. The van der Waals surface area contributed by atoms with Crippen LogP contribution in [0.25, 0.3) is 0 Å². The van der Waals surface area contributed by atoms with Gasteiger partial charge in [0.15, 0.2) is 0 Å². The van der Waals surface area contributed by atoms with Crippen molar-refractivity contribution in [2.75, 3.05) is 11.9 Å². The summed E-state index contributed by atoms with van der Waals surface area (Å²) < 4.78 is 14.2. The third kappa shape index (κ3) is 2.58. The molecule has 0 saturated carbocycles. The number of benzene rings is 2. The lowest BCUT2D eigenvalue weighted by Gasteiger charge is -2.15. The maximum Gasteiger partial charge on any atom is 0.231 e. The van der Waals surface area contributed by atoms with Crippen LogP contribution < -0.4 is 4.90 Å². The zero-order valence-corrected chi connectivity index (χ0v) is 13.6. The summed E-state index contributed by atoms with van der Waals surface area (Å²) in [7, 11) is 1.76. The third-order valence-corrected chi connectivity index (χ3v) is 4.91. The second kappa shape index (κ2) is 5.43. The highest BCUT2D eigenvalue weighted by molar-refractivity contribution is 9.10. The second-order valence-corrected chi connectivity index (χ2v) is 6.34. The summed E-state index contributed by atoms with van der Waals surface area (Å²) in [4.78, 5) is 13.4. The first-order valence-electron chi connectivity index (χ1n) is 6.46. The fraction of sp³-hybridized carbons (Fsp3) is 0.188. The molecule has 0 aromatic heterocycles. The lowest BCUT2D eigenvalue weighted by Crippen LogP contribution is -2.20. The zero-order valence-electron chi connectivity index (χ0n) is 11.2. The third-order valence-electron chi connectivity index (χ3n) is 3.70. The summed E-state index contributed by atoms with van der Waals surface area (Å²) in [6.07, 6.45) is 0.383. The standard InChI is InChI=1S/C16H12BrClFNO/c1-20-14-5-2-9(6-10(14)7-15(20)21)16(18)12-8-11(19)3-4-13(12)17/h2-6,8,16H,7H2,1H3. The minimum absolute atomic E-state index is 0.0696. The maximum absolute atomic E-state index is 13.4. The quantitative estimate of drug-likeness (QED) is 0.718.